The number of aryl methyl sites for hydroxylation is 2. The van der Waals surface area contributed by atoms with E-state index in [1.165, 1.54) is 12.1 Å². The van der Waals surface area contributed by atoms with Crippen molar-refractivity contribution in [1.82, 2.24) is 0 Å². The van der Waals surface area contributed by atoms with Crippen LogP contribution in [0.25, 0.3) is 0 Å². The summed E-state index contributed by atoms with van der Waals surface area (Å²) >= 11 is 0. The van der Waals surface area contributed by atoms with E-state index in [9.17, 15) is 9.18 Å². The first-order valence-corrected chi connectivity index (χ1v) is 7.52. The molecule has 0 aromatic heterocycles. The number of fused-ring (bicyclic) bond motifs is 1. The Hall–Kier alpha value is -2.36. The van der Waals surface area contributed by atoms with Gasteiger partial charge in [-0.3, -0.25) is 4.79 Å². The van der Waals surface area contributed by atoms with Crippen LogP contribution in [0.5, 0.6) is 0 Å². The van der Waals surface area contributed by atoms with Gasteiger partial charge in [0.25, 0.3) is 5.91 Å². The Morgan fingerprint density at radius 3 is 2.77 bits per heavy atom. The Labute approximate surface area is 129 Å². The fourth-order valence-corrected chi connectivity index (χ4v) is 3.01. The van der Waals surface area contributed by atoms with Crippen LogP contribution in [0.3, 0.4) is 0 Å². The van der Waals surface area contributed by atoms with Crippen LogP contribution in [0.2, 0.25) is 0 Å². The summed E-state index contributed by atoms with van der Waals surface area (Å²) in [5.74, 6) is -0.302. The van der Waals surface area contributed by atoms with Crippen molar-refractivity contribution in [3.8, 4) is 0 Å². The average molecular weight is 298 g/mol. The summed E-state index contributed by atoms with van der Waals surface area (Å²) < 4.78 is 13.5. The van der Waals surface area contributed by atoms with Crippen LogP contribution in [0.1, 0.15) is 34.3 Å². The molecule has 0 saturated heterocycles. The average Bonchev–Trinajstić information content (AvgIpc) is 2.68. The Morgan fingerprint density at radius 2 is 2.00 bits per heavy atom. The Bertz CT molecular complexity index is 727. The first kappa shape index (κ1) is 14.6. The summed E-state index contributed by atoms with van der Waals surface area (Å²) in [5.41, 5.74) is 9.63. The molecule has 1 aliphatic rings. The van der Waals surface area contributed by atoms with Crippen LogP contribution in [-0.2, 0) is 6.42 Å². The van der Waals surface area contributed by atoms with Crippen LogP contribution in [0.15, 0.2) is 36.4 Å². The molecule has 1 heterocycles. The van der Waals surface area contributed by atoms with E-state index in [4.69, 9.17) is 5.73 Å². The second-order valence-corrected chi connectivity index (χ2v) is 5.76. The third-order valence-electron chi connectivity index (χ3n) is 4.14. The predicted octanol–water partition coefficient (Wildman–Crippen LogP) is 3.70. The summed E-state index contributed by atoms with van der Waals surface area (Å²) in [6.45, 7) is 2.54. The summed E-state index contributed by atoms with van der Waals surface area (Å²) in [7, 11) is 0. The molecule has 2 aromatic carbocycles. The van der Waals surface area contributed by atoms with E-state index in [2.05, 4.69) is 0 Å². The number of anilines is 2. The topological polar surface area (TPSA) is 46.3 Å². The number of nitrogens with zero attached hydrogens (tertiary/aromatic N) is 1. The molecule has 0 radical (unpaired) electrons. The minimum Gasteiger partial charge on any atom is -0.399 e. The highest BCUT2D eigenvalue weighted by Gasteiger charge is 2.23. The lowest BCUT2D eigenvalue weighted by molar-refractivity contribution is 0.0986. The van der Waals surface area contributed by atoms with Gasteiger partial charge in [-0.1, -0.05) is 0 Å². The fourth-order valence-electron chi connectivity index (χ4n) is 3.01. The second-order valence-electron chi connectivity index (χ2n) is 5.76. The standard InChI is InChI=1S/C18H19FN2O/c1-12-10-15(20)6-7-16(12)18(22)21-9-3-2-4-13-11-14(19)5-8-17(13)21/h5-8,10-11H,2-4,9,20H2,1H3. The molecule has 0 fully saturated rings. The Balaban J connectivity index is 2.02. The molecule has 1 aliphatic heterocycles. The molecular formula is C18H19FN2O. The molecule has 0 saturated carbocycles. The summed E-state index contributed by atoms with van der Waals surface area (Å²) in [4.78, 5) is 14.7. The molecule has 0 aliphatic carbocycles. The largest absolute Gasteiger partial charge is 0.399 e. The maximum Gasteiger partial charge on any atom is 0.258 e. The second kappa shape index (κ2) is 5.79. The molecule has 0 atom stereocenters. The van der Waals surface area contributed by atoms with Gasteiger partial charge in [-0.25, -0.2) is 4.39 Å². The highest BCUT2D eigenvalue weighted by molar-refractivity contribution is 6.07. The highest BCUT2D eigenvalue weighted by Crippen LogP contribution is 2.29. The van der Waals surface area contributed by atoms with E-state index in [-0.39, 0.29) is 11.7 Å². The molecule has 2 aromatic rings. The van der Waals surface area contributed by atoms with Crippen molar-refractivity contribution < 1.29 is 9.18 Å². The zero-order chi connectivity index (χ0) is 15.7. The summed E-state index contributed by atoms with van der Waals surface area (Å²) in [6, 6.07) is 9.97. The van der Waals surface area contributed by atoms with E-state index in [0.29, 0.717) is 17.8 Å². The number of halogens is 1. The maximum atomic E-state index is 13.5. The van der Waals surface area contributed by atoms with E-state index in [1.807, 2.05) is 6.92 Å². The first-order valence-electron chi connectivity index (χ1n) is 7.52. The smallest absolute Gasteiger partial charge is 0.258 e. The molecular weight excluding hydrogens is 279 g/mol. The molecule has 0 bridgehead atoms. The van der Waals surface area contributed by atoms with Crippen molar-refractivity contribution in [2.45, 2.75) is 26.2 Å². The van der Waals surface area contributed by atoms with Gasteiger partial charge in [-0.15, -0.1) is 0 Å². The third-order valence-corrected chi connectivity index (χ3v) is 4.14. The lowest BCUT2D eigenvalue weighted by atomic mass is 10.0. The van der Waals surface area contributed by atoms with Gasteiger partial charge in [0.15, 0.2) is 0 Å². The van der Waals surface area contributed by atoms with Crippen molar-refractivity contribution in [2.75, 3.05) is 17.2 Å². The molecule has 1 amide bonds. The van der Waals surface area contributed by atoms with Crippen LogP contribution in [0, 0.1) is 12.7 Å². The highest BCUT2D eigenvalue weighted by atomic mass is 19.1. The van der Waals surface area contributed by atoms with Gasteiger partial charge in [0.2, 0.25) is 0 Å². The number of amides is 1. The number of rotatable bonds is 1. The lowest BCUT2D eigenvalue weighted by Crippen LogP contribution is -2.32. The summed E-state index contributed by atoms with van der Waals surface area (Å²) in [6.07, 6.45) is 2.68. The molecule has 0 spiro atoms. The molecule has 3 nitrogen and oxygen atoms in total. The number of nitrogen functional groups attached to an aromatic ring is 1. The number of nitrogens with two attached hydrogens (primary N) is 1. The van der Waals surface area contributed by atoms with E-state index < -0.39 is 0 Å². The first-order chi connectivity index (χ1) is 10.6. The minimum absolute atomic E-state index is 0.0488. The molecule has 22 heavy (non-hydrogen) atoms. The molecule has 114 valence electrons. The van der Waals surface area contributed by atoms with Crippen molar-refractivity contribution >= 4 is 17.3 Å². The predicted molar refractivity (Wildman–Crippen MR) is 86.6 cm³/mol. The van der Waals surface area contributed by atoms with Crippen LogP contribution in [-0.4, -0.2) is 12.5 Å². The third kappa shape index (κ3) is 2.69. The lowest BCUT2D eigenvalue weighted by Gasteiger charge is -2.24. The zero-order valence-electron chi connectivity index (χ0n) is 12.6. The van der Waals surface area contributed by atoms with Gasteiger partial charge in [-0.2, -0.15) is 0 Å². The minimum atomic E-state index is -0.253. The van der Waals surface area contributed by atoms with Gasteiger partial charge >= 0.3 is 0 Å². The number of carbonyl (C=O) groups is 1. The van der Waals surface area contributed by atoms with Gasteiger partial charge in [0, 0.05) is 23.5 Å². The maximum absolute atomic E-state index is 13.5. The van der Waals surface area contributed by atoms with Crippen LogP contribution in [0.4, 0.5) is 15.8 Å². The SMILES string of the molecule is Cc1cc(N)ccc1C(=O)N1CCCCc2cc(F)ccc21. The Kier molecular flexibility index (Phi) is 3.84. The fraction of sp³-hybridized carbons (Fsp3) is 0.278. The van der Waals surface area contributed by atoms with Gasteiger partial charge in [0.05, 0.1) is 0 Å². The van der Waals surface area contributed by atoms with E-state index in [0.717, 1.165) is 36.1 Å². The van der Waals surface area contributed by atoms with E-state index in [1.54, 1.807) is 29.2 Å². The number of benzene rings is 2. The molecule has 4 heteroatoms. The molecule has 2 N–H and O–H groups in total. The van der Waals surface area contributed by atoms with Gasteiger partial charge in [-0.05, 0) is 73.7 Å². The van der Waals surface area contributed by atoms with Crippen LogP contribution < -0.4 is 10.6 Å². The van der Waals surface area contributed by atoms with E-state index >= 15 is 0 Å². The number of hydrogen-bond acceptors (Lipinski definition) is 2. The van der Waals surface area contributed by atoms with Crippen molar-refractivity contribution in [3.63, 3.8) is 0 Å². The number of hydrogen-bond donors (Lipinski definition) is 1. The van der Waals surface area contributed by atoms with Crippen LogP contribution >= 0.6 is 0 Å². The quantitative estimate of drug-likeness (QED) is 0.816. The number of carbonyl (C=O) groups excluding carboxylic acids is 1. The Morgan fingerprint density at radius 1 is 1.18 bits per heavy atom. The zero-order valence-corrected chi connectivity index (χ0v) is 12.6. The van der Waals surface area contributed by atoms with Crippen molar-refractivity contribution in [2.24, 2.45) is 0 Å². The van der Waals surface area contributed by atoms with Crippen molar-refractivity contribution in [3.05, 3.63) is 58.9 Å². The van der Waals surface area contributed by atoms with Gasteiger partial charge in [0.1, 0.15) is 5.82 Å². The monoisotopic (exact) mass is 298 g/mol. The molecule has 3 rings (SSSR count). The van der Waals surface area contributed by atoms with Crippen molar-refractivity contribution in [1.29, 1.82) is 0 Å². The molecule has 0 unspecified atom stereocenters. The summed E-state index contributed by atoms with van der Waals surface area (Å²) in [5, 5.41) is 0. The van der Waals surface area contributed by atoms with Gasteiger partial charge < -0.3 is 10.6 Å². The normalized spacial score (nSPS) is 14.4.